The predicted molar refractivity (Wildman–Crippen MR) is 90.0 cm³/mol. The molecule has 1 aliphatic carbocycles. The zero-order valence-electron chi connectivity index (χ0n) is 14.3. The van der Waals surface area contributed by atoms with Crippen LogP contribution in [0.3, 0.4) is 0 Å². The van der Waals surface area contributed by atoms with Gasteiger partial charge in [-0.25, -0.2) is 9.59 Å². The summed E-state index contributed by atoms with van der Waals surface area (Å²) in [6, 6.07) is 9.39. The van der Waals surface area contributed by atoms with Gasteiger partial charge < -0.3 is 13.9 Å². The van der Waals surface area contributed by atoms with Crippen molar-refractivity contribution in [2.75, 3.05) is 13.7 Å². The summed E-state index contributed by atoms with van der Waals surface area (Å²) in [4.78, 5) is 24.6. The van der Waals surface area contributed by atoms with Crippen LogP contribution in [0.25, 0.3) is 0 Å². The Kier molecular flexibility index (Phi) is 4.90. The average molecular weight is 343 g/mol. The molecule has 6 nitrogen and oxygen atoms in total. The summed E-state index contributed by atoms with van der Waals surface area (Å²) < 4.78 is 15.5. The zero-order valence-corrected chi connectivity index (χ0v) is 14.3. The summed E-state index contributed by atoms with van der Waals surface area (Å²) >= 11 is 0. The van der Waals surface area contributed by atoms with Crippen molar-refractivity contribution in [3.8, 4) is 0 Å². The van der Waals surface area contributed by atoms with E-state index in [1.165, 1.54) is 13.4 Å². The zero-order chi connectivity index (χ0) is 17.9. The molecule has 0 spiro atoms. The van der Waals surface area contributed by atoms with Crippen LogP contribution in [0.5, 0.6) is 0 Å². The van der Waals surface area contributed by atoms with Crippen molar-refractivity contribution >= 4 is 11.9 Å². The largest absolute Gasteiger partial charge is 0.467 e. The Balaban J connectivity index is 1.90. The van der Waals surface area contributed by atoms with Gasteiger partial charge >= 0.3 is 11.9 Å². The van der Waals surface area contributed by atoms with E-state index in [-0.39, 0.29) is 12.5 Å². The van der Waals surface area contributed by atoms with Gasteiger partial charge in [0.05, 0.1) is 26.5 Å². The molecule has 0 amide bonds. The molecule has 1 unspecified atom stereocenters. The molecule has 1 aliphatic rings. The van der Waals surface area contributed by atoms with Crippen molar-refractivity contribution in [2.24, 2.45) is 0 Å². The van der Waals surface area contributed by atoms with Gasteiger partial charge in [-0.15, -0.1) is 0 Å². The highest BCUT2D eigenvalue weighted by Gasteiger charge is 2.46. The van der Waals surface area contributed by atoms with Gasteiger partial charge in [-0.2, -0.15) is 0 Å². The number of methoxy groups -OCH3 is 1. The third-order valence-electron chi connectivity index (χ3n) is 4.57. The van der Waals surface area contributed by atoms with Crippen LogP contribution in [-0.4, -0.2) is 25.7 Å². The predicted octanol–water partition coefficient (Wildman–Crippen LogP) is 2.56. The second-order valence-electron chi connectivity index (χ2n) is 5.89. The van der Waals surface area contributed by atoms with Gasteiger partial charge in [0.1, 0.15) is 16.9 Å². The number of hydrogen-bond donors (Lipinski definition) is 1. The standard InChI is InChI=1S/C19H21NO5/c1-3-24-18(22)19(10-8-13-6-4-5-7-15(13)19)20-12-16-14(9-11-25-16)17(21)23-2/h4-7,9,11,20H,3,8,10,12H2,1-2H3. The molecule has 1 N–H and O–H groups in total. The van der Waals surface area contributed by atoms with Crippen molar-refractivity contribution in [2.45, 2.75) is 31.8 Å². The first-order chi connectivity index (χ1) is 12.1. The Morgan fingerprint density at radius 3 is 2.84 bits per heavy atom. The molecule has 2 aromatic rings. The number of benzene rings is 1. The van der Waals surface area contributed by atoms with Crippen molar-refractivity contribution in [3.05, 3.63) is 59.0 Å². The smallest absolute Gasteiger partial charge is 0.341 e. The lowest BCUT2D eigenvalue weighted by molar-refractivity contribution is -0.152. The number of nitrogens with one attached hydrogen (secondary N) is 1. The lowest BCUT2D eigenvalue weighted by Gasteiger charge is -2.29. The highest BCUT2D eigenvalue weighted by Crippen LogP contribution is 2.38. The fraction of sp³-hybridized carbons (Fsp3) is 0.368. The number of aryl methyl sites for hydroxylation is 1. The molecule has 1 aromatic heterocycles. The number of hydrogen-bond acceptors (Lipinski definition) is 6. The van der Waals surface area contributed by atoms with Crippen molar-refractivity contribution in [1.82, 2.24) is 5.32 Å². The Bertz CT molecular complexity index is 782. The normalized spacial score (nSPS) is 18.6. The minimum absolute atomic E-state index is 0.213. The molecule has 0 radical (unpaired) electrons. The summed E-state index contributed by atoms with van der Waals surface area (Å²) in [7, 11) is 1.32. The van der Waals surface area contributed by atoms with Crippen LogP contribution in [0.1, 0.15) is 40.6 Å². The molecule has 1 atom stereocenters. The molecule has 3 rings (SSSR count). The second-order valence-corrected chi connectivity index (χ2v) is 5.89. The summed E-state index contributed by atoms with van der Waals surface area (Å²) in [5.74, 6) is -0.353. The number of rotatable bonds is 6. The van der Waals surface area contributed by atoms with Crippen molar-refractivity contribution < 1.29 is 23.5 Å². The summed E-state index contributed by atoms with van der Waals surface area (Å²) in [5.41, 5.74) is 1.45. The molecule has 1 heterocycles. The van der Waals surface area contributed by atoms with E-state index in [1.807, 2.05) is 24.3 Å². The van der Waals surface area contributed by atoms with E-state index in [0.29, 0.717) is 24.4 Å². The van der Waals surface area contributed by atoms with Gasteiger partial charge in [0.2, 0.25) is 0 Å². The molecule has 0 aliphatic heterocycles. The Morgan fingerprint density at radius 1 is 1.28 bits per heavy atom. The molecule has 1 aromatic carbocycles. The number of ether oxygens (including phenoxy) is 2. The molecule has 25 heavy (non-hydrogen) atoms. The van der Waals surface area contributed by atoms with Crippen LogP contribution in [0.15, 0.2) is 41.0 Å². The molecule has 132 valence electrons. The van der Waals surface area contributed by atoms with E-state index in [1.54, 1.807) is 13.0 Å². The second kappa shape index (κ2) is 7.11. The fourth-order valence-electron chi connectivity index (χ4n) is 3.33. The highest BCUT2D eigenvalue weighted by molar-refractivity contribution is 5.90. The first kappa shape index (κ1) is 17.2. The first-order valence-corrected chi connectivity index (χ1v) is 8.27. The monoisotopic (exact) mass is 343 g/mol. The number of carbonyl (C=O) groups excluding carboxylic acids is 2. The summed E-state index contributed by atoms with van der Waals surface area (Å²) in [5, 5.41) is 3.28. The lowest BCUT2D eigenvalue weighted by Crippen LogP contribution is -2.48. The summed E-state index contributed by atoms with van der Waals surface area (Å²) in [6.45, 7) is 2.30. The van der Waals surface area contributed by atoms with Gasteiger partial charge in [-0.1, -0.05) is 24.3 Å². The van der Waals surface area contributed by atoms with Gasteiger partial charge in [-0.05, 0) is 37.0 Å². The van der Waals surface area contributed by atoms with Crippen molar-refractivity contribution in [1.29, 1.82) is 0 Å². The fourth-order valence-corrected chi connectivity index (χ4v) is 3.33. The summed E-state index contributed by atoms with van der Waals surface area (Å²) in [6.07, 6.45) is 2.81. The van der Waals surface area contributed by atoms with E-state index in [0.717, 1.165) is 17.5 Å². The van der Waals surface area contributed by atoms with Gasteiger partial charge in [0.25, 0.3) is 0 Å². The van der Waals surface area contributed by atoms with Crippen LogP contribution < -0.4 is 5.32 Å². The average Bonchev–Trinajstić information content (AvgIpc) is 3.25. The van der Waals surface area contributed by atoms with Crippen LogP contribution in [-0.2, 0) is 32.8 Å². The topological polar surface area (TPSA) is 77.8 Å². The van der Waals surface area contributed by atoms with Crippen LogP contribution in [0.4, 0.5) is 0 Å². The number of esters is 2. The minimum Gasteiger partial charge on any atom is -0.467 e. The number of fused-ring (bicyclic) bond motifs is 1. The molecule has 0 saturated carbocycles. The maximum absolute atomic E-state index is 12.8. The van der Waals surface area contributed by atoms with Gasteiger partial charge in [0.15, 0.2) is 0 Å². The van der Waals surface area contributed by atoms with E-state index in [4.69, 9.17) is 13.9 Å². The quantitative estimate of drug-likeness (QED) is 0.812. The molecular formula is C19H21NO5. The SMILES string of the molecule is CCOC(=O)C1(NCc2occc2C(=O)OC)CCc2ccccc21. The van der Waals surface area contributed by atoms with Crippen molar-refractivity contribution in [3.63, 3.8) is 0 Å². The van der Waals surface area contributed by atoms with Crippen LogP contribution in [0.2, 0.25) is 0 Å². The minimum atomic E-state index is -0.938. The van der Waals surface area contributed by atoms with Crippen LogP contribution in [0, 0.1) is 0 Å². The Morgan fingerprint density at radius 2 is 2.08 bits per heavy atom. The molecule has 0 saturated heterocycles. The van der Waals surface area contributed by atoms with Crippen LogP contribution >= 0.6 is 0 Å². The highest BCUT2D eigenvalue weighted by atomic mass is 16.5. The van der Waals surface area contributed by atoms with Gasteiger partial charge in [-0.3, -0.25) is 5.32 Å². The maximum atomic E-state index is 12.8. The molecule has 0 bridgehead atoms. The third-order valence-corrected chi connectivity index (χ3v) is 4.57. The van der Waals surface area contributed by atoms with E-state index in [9.17, 15) is 9.59 Å². The number of carbonyl (C=O) groups is 2. The first-order valence-electron chi connectivity index (χ1n) is 8.27. The van der Waals surface area contributed by atoms with E-state index < -0.39 is 11.5 Å². The van der Waals surface area contributed by atoms with Gasteiger partial charge in [0, 0.05) is 0 Å². The molecule has 0 fully saturated rings. The van der Waals surface area contributed by atoms with E-state index >= 15 is 0 Å². The molecular weight excluding hydrogens is 322 g/mol. The lowest BCUT2D eigenvalue weighted by atomic mass is 9.91. The van der Waals surface area contributed by atoms with E-state index in [2.05, 4.69) is 5.32 Å². The third kappa shape index (κ3) is 3.05. The number of furan rings is 1. The Hall–Kier alpha value is -2.60. The maximum Gasteiger partial charge on any atom is 0.341 e. The molecule has 6 heteroatoms. The Labute approximate surface area is 146 Å².